The van der Waals surface area contributed by atoms with Crippen LogP contribution in [-0.2, 0) is 14.3 Å². The first-order valence-corrected chi connectivity index (χ1v) is 5.30. The van der Waals surface area contributed by atoms with Gasteiger partial charge in [-0.3, -0.25) is 14.9 Å². The second-order valence-corrected chi connectivity index (χ2v) is 3.64. The van der Waals surface area contributed by atoms with E-state index in [2.05, 4.69) is 15.4 Å². The number of ether oxygens (including phenoxy) is 1. The number of rotatable bonds is 4. The molecule has 1 saturated heterocycles. The molecule has 0 aliphatic carbocycles. The molecule has 1 fully saturated rings. The molecule has 86 valence electrons. The summed E-state index contributed by atoms with van der Waals surface area (Å²) in [4.78, 5) is 22.7. The van der Waals surface area contributed by atoms with Crippen LogP contribution in [0, 0.1) is 0 Å². The van der Waals surface area contributed by atoms with Crippen LogP contribution in [0.25, 0.3) is 0 Å². The van der Waals surface area contributed by atoms with Gasteiger partial charge in [0.25, 0.3) is 0 Å². The Morgan fingerprint density at radius 2 is 2.47 bits per heavy atom. The number of carbonyl (C=O) groups excluding carboxylic acids is 2. The highest BCUT2D eigenvalue weighted by Crippen LogP contribution is 2.06. The van der Waals surface area contributed by atoms with Gasteiger partial charge in [-0.15, -0.1) is 0 Å². The van der Waals surface area contributed by atoms with Gasteiger partial charge in [-0.1, -0.05) is 6.92 Å². The molecule has 1 aliphatic rings. The molecule has 1 amide bonds. The Morgan fingerprint density at radius 3 is 3.00 bits per heavy atom. The number of nitrogens with one attached hydrogen (secondary N) is 2. The first-order valence-electron chi connectivity index (χ1n) is 5.30. The van der Waals surface area contributed by atoms with Crippen LogP contribution in [0.3, 0.4) is 0 Å². The van der Waals surface area contributed by atoms with Crippen LogP contribution >= 0.6 is 0 Å². The largest absolute Gasteiger partial charge is 0.468 e. The maximum absolute atomic E-state index is 11.4. The summed E-state index contributed by atoms with van der Waals surface area (Å²) in [7, 11) is 1.35. The lowest BCUT2D eigenvalue weighted by atomic mass is 10.0. The third kappa shape index (κ3) is 3.20. The fourth-order valence-corrected chi connectivity index (χ4v) is 1.67. The van der Waals surface area contributed by atoms with Crippen molar-refractivity contribution >= 4 is 11.9 Å². The first kappa shape index (κ1) is 12.0. The minimum absolute atomic E-state index is 0.0244. The predicted molar refractivity (Wildman–Crippen MR) is 55.3 cm³/mol. The first-order chi connectivity index (χ1) is 7.19. The standard InChI is InChI=1S/C10H18N2O3/c1-3-7(10(14)15-2)12-8-5-4-6-11-9(8)13/h7-8,12H,3-6H2,1-2H3,(H,11,13). The summed E-state index contributed by atoms with van der Waals surface area (Å²) >= 11 is 0. The third-order valence-electron chi connectivity index (χ3n) is 2.58. The normalized spacial score (nSPS) is 23.1. The smallest absolute Gasteiger partial charge is 0.322 e. The minimum Gasteiger partial charge on any atom is -0.468 e. The second kappa shape index (κ2) is 5.70. The molecule has 2 N–H and O–H groups in total. The van der Waals surface area contributed by atoms with Crippen LogP contribution in [0.15, 0.2) is 0 Å². The molecule has 1 aliphatic heterocycles. The van der Waals surface area contributed by atoms with E-state index in [0.717, 1.165) is 19.4 Å². The van der Waals surface area contributed by atoms with E-state index < -0.39 is 0 Å². The fourth-order valence-electron chi connectivity index (χ4n) is 1.67. The van der Waals surface area contributed by atoms with Crippen molar-refractivity contribution in [3.05, 3.63) is 0 Å². The van der Waals surface area contributed by atoms with E-state index >= 15 is 0 Å². The minimum atomic E-state index is -0.385. The lowest BCUT2D eigenvalue weighted by Crippen LogP contribution is -2.53. The summed E-state index contributed by atoms with van der Waals surface area (Å²) < 4.78 is 4.65. The molecule has 0 bridgehead atoms. The summed E-state index contributed by atoms with van der Waals surface area (Å²) in [6.07, 6.45) is 2.34. The lowest BCUT2D eigenvalue weighted by molar-refractivity contribution is -0.143. The molecule has 2 atom stereocenters. The van der Waals surface area contributed by atoms with Gasteiger partial charge in [0.1, 0.15) is 6.04 Å². The molecule has 1 rings (SSSR count). The van der Waals surface area contributed by atoms with Gasteiger partial charge in [-0.05, 0) is 19.3 Å². The van der Waals surface area contributed by atoms with Crippen LogP contribution in [0.1, 0.15) is 26.2 Å². The number of hydrogen-bond acceptors (Lipinski definition) is 4. The van der Waals surface area contributed by atoms with Gasteiger partial charge in [-0.2, -0.15) is 0 Å². The Hall–Kier alpha value is -1.10. The quantitative estimate of drug-likeness (QED) is 0.636. The van der Waals surface area contributed by atoms with E-state index in [0.29, 0.717) is 6.42 Å². The van der Waals surface area contributed by atoms with E-state index in [-0.39, 0.29) is 24.0 Å². The van der Waals surface area contributed by atoms with Crippen molar-refractivity contribution < 1.29 is 14.3 Å². The molecule has 0 spiro atoms. The zero-order valence-corrected chi connectivity index (χ0v) is 9.21. The Morgan fingerprint density at radius 1 is 1.73 bits per heavy atom. The van der Waals surface area contributed by atoms with Gasteiger partial charge >= 0.3 is 5.97 Å². The molecule has 0 saturated carbocycles. The van der Waals surface area contributed by atoms with E-state index in [1.54, 1.807) is 0 Å². The summed E-state index contributed by atoms with van der Waals surface area (Å²) in [6, 6.07) is -0.647. The summed E-state index contributed by atoms with van der Waals surface area (Å²) in [6.45, 7) is 2.61. The highest BCUT2D eigenvalue weighted by atomic mass is 16.5. The highest BCUT2D eigenvalue weighted by Gasteiger charge is 2.27. The van der Waals surface area contributed by atoms with Crippen LogP contribution in [0.2, 0.25) is 0 Å². The summed E-state index contributed by atoms with van der Waals surface area (Å²) in [5.41, 5.74) is 0. The van der Waals surface area contributed by atoms with Gasteiger partial charge < -0.3 is 10.1 Å². The predicted octanol–water partition coefficient (Wildman–Crippen LogP) is -0.194. The molecular weight excluding hydrogens is 196 g/mol. The van der Waals surface area contributed by atoms with Crippen molar-refractivity contribution in [2.75, 3.05) is 13.7 Å². The number of piperidine rings is 1. The second-order valence-electron chi connectivity index (χ2n) is 3.64. The van der Waals surface area contributed by atoms with Crippen molar-refractivity contribution in [1.29, 1.82) is 0 Å². The van der Waals surface area contributed by atoms with Gasteiger partial charge in [0.05, 0.1) is 13.2 Å². The summed E-state index contributed by atoms with van der Waals surface area (Å²) in [5, 5.41) is 5.78. The molecule has 0 radical (unpaired) electrons. The van der Waals surface area contributed by atoms with Crippen molar-refractivity contribution in [3.63, 3.8) is 0 Å². The van der Waals surface area contributed by atoms with Crippen LogP contribution < -0.4 is 10.6 Å². The van der Waals surface area contributed by atoms with Crippen molar-refractivity contribution in [2.45, 2.75) is 38.3 Å². The zero-order chi connectivity index (χ0) is 11.3. The molecule has 5 heteroatoms. The van der Waals surface area contributed by atoms with E-state index in [9.17, 15) is 9.59 Å². The van der Waals surface area contributed by atoms with Crippen LogP contribution in [-0.4, -0.2) is 37.6 Å². The monoisotopic (exact) mass is 214 g/mol. The van der Waals surface area contributed by atoms with Gasteiger partial charge in [-0.25, -0.2) is 0 Å². The van der Waals surface area contributed by atoms with E-state index in [4.69, 9.17) is 0 Å². The molecule has 0 aromatic carbocycles. The average molecular weight is 214 g/mol. The maximum atomic E-state index is 11.4. The Bertz CT molecular complexity index is 235. The molecule has 2 unspecified atom stereocenters. The van der Waals surface area contributed by atoms with E-state index in [1.807, 2.05) is 6.92 Å². The third-order valence-corrected chi connectivity index (χ3v) is 2.58. The van der Waals surface area contributed by atoms with Crippen LogP contribution in [0.5, 0.6) is 0 Å². The van der Waals surface area contributed by atoms with Gasteiger partial charge in [0.2, 0.25) is 5.91 Å². The molecule has 0 aromatic heterocycles. The van der Waals surface area contributed by atoms with Crippen molar-refractivity contribution in [1.82, 2.24) is 10.6 Å². The van der Waals surface area contributed by atoms with Crippen molar-refractivity contribution in [2.24, 2.45) is 0 Å². The van der Waals surface area contributed by atoms with Gasteiger partial charge in [0, 0.05) is 6.54 Å². The Labute approximate surface area is 89.6 Å². The molecular formula is C10H18N2O3. The Balaban J connectivity index is 2.49. The van der Waals surface area contributed by atoms with E-state index in [1.165, 1.54) is 7.11 Å². The molecule has 1 heterocycles. The number of esters is 1. The molecule has 0 aromatic rings. The average Bonchev–Trinajstić information content (AvgIpc) is 2.27. The SMILES string of the molecule is CCC(NC1CCCNC1=O)C(=O)OC. The molecule has 5 nitrogen and oxygen atoms in total. The molecule has 15 heavy (non-hydrogen) atoms. The maximum Gasteiger partial charge on any atom is 0.322 e. The van der Waals surface area contributed by atoms with Crippen LogP contribution in [0.4, 0.5) is 0 Å². The zero-order valence-electron chi connectivity index (χ0n) is 9.21. The fraction of sp³-hybridized carbons (Fsp3) is 0.800. The highest BCUT2D eigenvalue weighted by molar-refractivity contribution is 5.83. The Kier molecular flexibility index (Phi) is 4.55. The van der Waals surface area contributed by atoms with Crippen molar-refractivity contribution in [3.8, 4) is 0 Å². The topological polar surface area (TPSA) is 67.4 Å². The number of methoxy groups -OCH3 is 1. The van der Waals surface area contributed by atoms with Gasteiger partial charge in [0.15, 0.2) is 0 Å². The lowest BCUT2D eigenvalue weighted by Gasteiger charge is -2.26. The number of amides is 1. The number of hydrogen-bond donors (Lipinski definition) is 2. The summed E-state index contributed by atoms with van der Waals surface area (Å²) in [5.74, 6) is -0.334. The number of carbonyl (C=O) groups is 2.